The molecule has 0 bridgehead atoms. The molecular formula is C15H22N4O2. The molecule has 5 N–H and O–H groups in total. The van der Waals surface area contributed by atoms with Crippen molar-refractivity contribution < 1.29 is 9.59 Å². The Bertz CT molecular complexity index is 532. The number of nitrogens with one attached hydrogen (secondary N) is 1. The predicted molar refractivity (Wildman–Crippen MR) is 81.9 cm³/mol. The quantitative estimate of drug-likeness (QED) is 0.783. The first-order valence-corrected chi connectivity index (χ1v) is 7.18. The smallest absolute Gasteiger partial charge is 0.316 e. The Labute approximate surface area is 124 Å². The summed E-state index contributed by atoms with van der Waals surface area (Å²) in [6, 6.07) is 6.22. The maximum absolute atomic E-state index is 12.6. The maximum Gasteiger partial charge on any atom is 0.316 e. The average Bonchev–Trinajstić information content (AvgIpc) is 2.46. The molecule has 2 atom stereocenters. The van der Waals surface area contributed by atoms with Crippen LogP contribution in [-0.4, -0.2) is 36.0 Å². The second-order valence-electron chi connectivity index (χ2n) is 5.59. The van der Waals surface area contributed by atoms with E-state index >= 15 is 0 Å². The minimum Gasteiger partial charge on any atom is -0.351 e. The molecule has 21 heavy (non-hydrogen) atoms. The third-order valence-electron chi connectivity index (χ3n) is 3.89. The normalized spacial score (nSPS) is 21.9. The molecule has 6 nitrogen and oxygen atoms in total. The van der Waals surface area contributed by atoms with Crippen molar-refractivity contribution in [2.45, 2.75) is 25.8 Å². The zero-order valence-corrected chi connectivity index (χ0v) is 12.2. The van der Waals surface area contributed by atoms with Crippen LogP contribution in [0.15, 0.2) is 24.3 Å². The first-order chi connectivity index (χ1) is 10.0. The van der Waals surface area contributed by atoms with Gasteiger partial charge in [0.15, 0.2) is 0 Å². The van der Waals surface area contributed by atoms with Crippen molar-refractivity contribution in [1.82, 2.24) is 4.90 Å². The van der Waals surface area contributed by atoms with Gasteiger partial charge in [-0.05, 0) is 37.0 Å². The van der Waals surface area contributed by atoms with Crippen molar-refractivity contribution >= 4 is 17.6 Å². The summed E-state index contributed by atoms with van der Waals surface area (Å²) < 4.78 is 0. The van der Waals surface area contributed by atoms with Gasteiger partial charge in [0, 0.05) is 30.4 Å². The number of anilines is 1. The Hall–Kier alpha value is -2.08. The van der Waals surface area contributed by atoms with E-state index in [4.69, 9.17) is 11.5 Å². The van der Waals surface area contributed by atoms with Gasteiger partial charge in [-0.2, -0.15) is 0 Å². The summed E-state index contributed by atoms with van der Waals surface area (Å²) in [7, 11) is 0. The van der Waals surface area contributed by atoms with E-state index in [-0.39, 0.29) is 11.9 Å². The molecular weight excluding hydrogens is 268 g/mol. The van der Waals surface area contributed by atoms with Crippen LogP contribution in [0.5, 0.6) is 0 Å². The number of carbonyl (C=O) groups is 2. The molecule has 0 spiro atoms. The Morgan fingerprint density at radius 3 is 2.86 bits per heavy atom. The number of hydrogen-bond donors (Lipinski definition) is 3. The highest BCUT2D eigenvalue weighted by molar-refractivity contribution is 5.96. The highest BCUT2D eigenvalue weighted by Crippen LogP contribution is 2.24. The Kier molecular flexibility index (Phi) is 4.80. The third-order valence-corrected chi connectivity index (χ3v) is 3.89. The van der Waals surface area contributed by atoms with Gasteiger partial charge in [-0.3, -0.25) is 4.79 Å². The lowest BCUT2D eigenvalue weighted by Crippen LogP contribution is -2.49. The van der Waals surface area contributed by atoms with Crippen LogP contribution in [0, 0.1) is 5.92 Å². The molecule has 0 aliphatic carbocycles. The third kappa shape index (κ3) is 3.72. The lowest BCUT2D eigenvalue weighted by atomic mass is 9.92. The zero-order valence-electron chi connectivity index (χ0n) is 12.2. The van der Waals surface area contributed by atoms with Gasteiger partial charge in [0.1, 0.15) is 0 Å². The van der Waals surface area contributed by atoms with E-state index in [1.165, 1.54) is 0 Å². The van der Waals surface area contributed by atoms with Crippen LogP contribution in [0.1, 0.15) is 30.1 Å². The molecule has 6 heteroatoms. The van der Waals surface area contributed by atoms with Gasteiger partial charge >= 0.3 is 6.03 Å². The van der Waals surface area contributed by atoms with Crippen LogP contribution < -0.4 is 16.8 Å². The minimum absolute atomic E-state index is 0.0505. The average molecular weight is 290 g/mol. The number of likely N-dealkylation sites (tertiary alicyclic amines) is 1. The second kappa shape index (κ2) is 6.58. The van der Waals surface area contributed by atoms with E-state index in [0.29, 0.717) is 23.7 Å². The van der Waals surface area contributed by atoms with Crippen molar-refractivity contribution in [3.05, 3.63) is 29.8 Å². The zero-order chi connectivity index (χ0) is 15.4. The molecule has 1 aromatic carbocycles. The van der Waals surface area contributed by atoms with Crippen LogP contribution in [-0.2, 0) is 0 Å². The molecule has 3 amide bonds. The minimum atomic E-state index is -0.647. The number of piperidine rings is 1. The number of urea groups is 1. The predicted octanol–water partition coefficient (Wildman–Crippen LogP) is 1.38. The first kappa shape index (κ1) is 15.3. The molecule has 1 aliphatic rings. The van der Waals surface area contributed by atoms with E-state index in [2.05, 4.69) is 12.2 Å². The summed E-state index contributed by atoms with van der Waals surface area (Å²) in [4.78, 5) is 25.4. The Morgan fingerprint density at radius 1 is 1.43 bits per heavy atom. The van der Waals surface area contributed by atoms with Crippen molar-refractivity contribution in [1.29, 1.82) is 0 Å². The molecule has 1 aliphatic heterocycles. The van der Waals surface area contributed by atoms with Gasteiger partial charge in [-0.15, -0.1) is 0 Å². The number of nitrogens with zero attached hydrogens (tertiary/aromatic N) is 1. The fraction of sp³-hybridized carbons (Fsp3) is 0.467. The number of primary amides is 1. The molecule has 0 saturated carbocycles. The van der Waals surface area contributed by atoms with Crippen molar-refractivity contribution in [3.63, 3.8) is 0 Å². The topological polar surface area (TPSA) is 101 Å². The van der Waals surface area contributed by atoms with Gasteiger partial charge in [-0.25, -0.2) is 4.79 Å². The standard InChI is InChI=1S/C15H22N4O2/c1-10-5-6-19(13(7-10)9-16)14(20)11-3-2-4-12(8-11)18-15(17)21/h2-4,8,10,13H,5-7,9,16H2,1H3,(H3,17,18,21). The molecule has 0 radical (unpaired) electrons. The SMILES string of the molecule is CC1CCN(C(=O)c2cccc(NC(N)=O)c2)C(CN)C1. The van der Waals surface area contributed by atoms with Crippen LogP contribution >= 0.6 is 0 Å². The number of hydrogen-bond acceptors (Lipinski definition) is 3. The van der Waals surface area contributed by atoms with Gasteiger partial charge in [-0.1, -0.05) is 13.0 Å². The van der Waals surface area contributed by atoms with Crippen LogP contribution in [0.2, 0.25) is 0 Å². The molecule has 1 saturated heterocycles. The van der Waals surface area contributed by atoms with Crippen LogP contribution in [0.25, 0.3) is 0 Å². The summed E-state index contributed by atoms with van der Waals surface area (Å²) in [5.74, 6) is 0.538. The summed E-state index contributed by atoms with van der Waals surface area (Å²) in [6.45, 7) is 3.37. The van der Waals surface area contributed by atoms with Gasteiger partial charge in [0.2, 0.25) is 0 Å². The molecule has 2 rings (SSSR count). The van der Waals surface area contributed by atoms with E-state index in [1.807, 2.05) is 4.90 Å². The summed E-state index contributed by atoms with van der Waals surface area (Å²) >= 11 is 0. The Balaban J connectivity index is 2.17. The van der Waals surface area contributed by atoms with Crippen LogP contribution in [0.4, 0.5) is 10.5 Å². The van der Waals surface area contributed by atoms with E-state index < -0.39 is 6.03 Å². The second-order valence-corrected chi connectivity index (χ2v) is 5.59. The lowest BCUT2D eigenvalue weighted by Gasteiger charge is -2.38. The highest BCUT2D eigenvalue weighted by atomic mass is 16.2. The first-order valence-electron chi connectivity index (χ1n) is 7.18. The lowest BCUT2D eigenvalue weighted by molar-refractivity contribution is 0.0573. The number of amides is 3. The van der Waals surface area contributed by atoms with E-state index in [9.17, 15) is 9.59 Å². The van der Waals surface area contributed by atoms with Gasteiger partial charge in [0.05, 0.1) is 0 Å². The van der Waals surface area contributed by atoms with Gasteiger partial charge < -0.3 is 21.7 Å². The molecule has 1 fully saturated rings. The van der Waals surface area contributed by atoms with Crippen molar-refractivity contribution in [2.24, 2.45) is 17.4 Å². The summed E-state index contributed by atoms with van der Waals surface area (Å²) in [5.41, 5.74) is 11.9. The maximum atomic E-state index is 12.6. The number of nitrogens with two attached hydrogens (primary N) is 2. The Morgan fingerprint density at radius 2 is 2.19 bits per heavy atom. The summed E-state index contributed by atoms with van der Waals surface area (Å²) in [5, 5.41) is 2.48. The van der Waals surface area contributed by atoms with Crippen molar-refractivity contribution in [3.8, 4) is 0 Å². The van der Waals surface area contributed by atoms with E-state index in [1.54, 1.807) is 24.3 Å². The van der Waals surface area contributed by atoms with Gasteiger partial charge in [0.25, 0.3) is 5.91 Å². The van der Waals surface area contributed by atoms with E-state index in [0.717, 1.165) is 19.4 Å². The number of carbonyl (C=O) groups excluding carboxylic acids is 2. The highest BCUT2D eigenvalue weighted by Gasteiger charge is 2.29. The van der Waals surface area contributed by atoms with Crippen molar-refractivity contribution in [2.75, 3.05) is 18.4 Å². The molecule has 114 valence electrons. The summed E-state index contributed by atoms with van der Waals surface area (Å²) in [6.07, 6.45) is 1.92. The number of benzene rings is 1. The molecule has 2 unspecified atom stereocenters. The molecule has 1 heterocycles. The van der Waals surface area contributed by atoms with Crippen LogP contribution in [0.3, 0.4) is 0 Å². The fourth-order valence-electron chi connectivity index (χ4n) is 2.78. The molecule has 0 aromatic heterocycles. The fourth-order valence-corrected chi connectivity index (χ4v) is 2.78. The largest absolute Gasteiger partial charge is 0.351 e. The monoisotopic (exact) mass is 290 g/mol. The number of rotatable bonds is 3. The molecule has 1 aromatic rings.